The zero-order valence-corrected chi connectivity index (χ0v) is 21.9. The molecular formula is C26H24ClN4O4S2. The lowest BCUT2D eigenvalue weighted by atomic mass is 10.2. The summed E-state index contributed by atoms with van der Waals surface area (Å²) in [7, 11) is -7.89. The molecule has 0 aromatic heterocycles. The van der Waals surface area contributed by atoms with E-state index in [-0.39, 0.29) is 34.3 Å². The van der Waals surface area contributed by atoms with Crippen LogP contribution >= 0.6 is 11.6 Å². The average molecular weight is 556 g/mol. The van der Waals surface area contributed by atoms with E-state index in [1.54, 1.807) is 30.3 Å². The van der Waals surface area contributed by atoms with E-state index in [0.29, 0.717) is 10.6 Å². The van der Waals surface area contributed by atoms with Crippen LogP contribution in [0.4, 0.5) is 11.4 Å². The minimum Gasteiger partial charge on any atom is -0.278 e. The Morgan fingerprint density at radius 1 is 0.811 bits per heavy atom. The zero-order valence-electron chi connectivity index (χ0n) is 19.5. The third-order valence-corrected chi connectivity index (χ3v) is 8.68. The number of anilines is 2. The summed E-state index contributed by atoms with van der Waals surface area (Å²) >= 11 is 6.15. The summed E-state index contributed by atoms with van der Waals surface area (Å²) < 4.78 is 57.2. The molecule has 0 saturated carbocycles. The first kappa shape index (κ1) is 26.8. The number of benzene rings is 4. The standard InChI is InChI=1S/C26H24ClN4O4S2/c27-24-14-5-4-11-21(24)19-30-37(34,35)26-16-7-6-15-25(26)31(28)22-12-8-13-23(17-22)36(32,33)29-18-20-9-2-1-3-10-20/h1-6,8-17,29-30H,18-19,28H2. The summed E-state index contributed by atoms with van der Waals surface area (Å²) in [4.78, 5) is -0.139. The molecule has 1 radical (unpaired) electrons. The molecule has 0 unspecified atom stereocenters. The van der Waals surface area contributed by atoms with Crippen molar-refractivity contribution in [1.29, 1.82) is 0 Å². The van der Waals surface area contributed by atoms with Crippen molar-refractivity contribution in [3.05, 3.63) is 119 Å². The van der Waals surface area contributed by atoms with Crippen molar-refractivity contribution < 1.29 is 16.8 Å². The highest BCUT2D eigenvalue weighted by atomic mass is 35.5. The van der Waals surface area contributed by atoms with Gasteiger partial charge in [0, 0.05) is 18.1 Å². The van der Waals surface area contributed by atoms with E-state index < -0.39 is 20.0 Å². The zero-order chi connectivity index (χ0) is 26.5. The molecule has 0 bridgehead atoms. The van der Waals surface area contributed by atoms with Crippen LogP contribution in [0.2, 0.25) is 5.02 Å². The van der Waals surface area contributed by atoms with E-state index in [2.05, 4.69) is 15.5 Å². The quantitative estimate of drug-likeness (QED) is 0.200. The van der Waals surface area contributed by atoms with Crippen molar-refractivity contribution in [2.24, 2.45) is 5.84 Å². The molecule has 191 valence electrons. The second-order valence-corrected chi connectivity index (χ2v) is 11.9. The lowest BCUT2D eigenvalue weighted by molar-refractivity contribution is 0.579. The fraction of sp³-hybridized carbons (Fsp3) is 0.0769. The minimum atomic E-state index is -4.03. The molecule has 4 rings (SSSR count). The molecule has 37 heavy (non-hydrogen) atoms. The van der Waals surface area contributed by atoms with Gasteiger partial charge in [-0.25, -0.2) is 32.1 Å². The third kappa shape index (κ3) is 6.55. The van der Waals surface area contributed by atoms with Crippen molar-refractivity contribution in [2.75, 3.05) is 5.01 Å². The Labute approximate surface area is 221 Å². The van der Waals surface area contributed by atoms with Gasteiger partial charge >= 0.3 is 0 Å². The monoisotopic (exact) mass is 555 g/mol. The Hall–Kier alpha value is -3.25. The molecule has 0 aliphatic rings. The maximum atomic E-state index is 13.2. The van der Waals surface area contributed by atoms with Gasteiger partial charge in [-0.05, 0) is 53.6 Å². The number of halogens is 1. The van der Waals surface area contributed by atoms with Gasteiger partial charge in [0.05, 0.1) is 16.3 Å². The number of nitrogens with one attached hydrogen (secondary N) is 2. The van der Waals surface area contributed by atoms with Crippen LogP contribution in [-0.2, 0) is 33.1 Å². The molecule has 0 aliphatic carbocycles. The molecule has 0 atom stereocenters. The first-order valence-electron chi connectivity index (χ1n) is 11.1. The van der Waals surface area contributed by atoms with Crippen molar-refractivity contribution in [3.8, 4) is 0 Å². The molecular weight excluding hydrogens is 532 g/mol. The number of nitrogens with two attached hydrogens (primary N) is 1. The Bertz CT molecular complexity index is 1600. The predicted octanol–water partition coefficient (Wildman–Crippen LogP) is 4.11. The van der Waals surface area contributed by atoms with Crippen LogP contribution < -0.4 is 20.3 Å². The molecule has 8 nitrogen and oxygen atoms in total. The molecule has 4 N–H and O–H groups in total. The first-order chi connectivity index (χ1) is 17.7. The first-order valence-corrected chi connectivity index (χ1v) is 14.4. The van der Waals surface area contributed by atoms with Gasteiger partial charge < -0.3 is 0 Å². The van der Waals surface area contributed by atoms with E-state index in [9.17, 15) is 16.8 Å². The number of sulfonamides is 2. The van der Waals surface area contributed by atoms with Gasteiger partial charge in [-0.3, -0.25) is 5.01 Å². The van der Waals surface area contributed by atoms with Gasteiger partial charge in [0.25, 0.3) is 0 Å². The van der Waals surface area contributed by atoms with Gasteiger partial charge in [-0.2, -0.15) is 0 Å². The lowest BCUT2D eigenvalue weighted by Gasteiger charge is -2.22. The smallest absolute Gasteiger partial charge is 0.243 e. The van der Waals surface area contributed by atoms with Crippen molar-refractivity contribution >= 4 is 43.0 Å². The van der Waals surface area contributed by atoms with Crippen LogP contribution in [0.3, 0.4) is 0 Å². The third-order valence-electron chi connectivity index (χ3n) is 5.48. The van der Waals surface area contributed by atoms with Crippen LogP contribution in [0.1, 0.15) is 11.1 Å². The summed E-state index contributed by atoms with van der Waals surface area (Å²) in [5.41, 5.74) is 1.83. The number of nitrogens with zero attached hydrogens (tertiary/aromatic N) is 1. The second kappa shape index (κ2) is 11.4. The van der Waals surface area contributed by atoms with Gasteiger partial charge in [0.2, 0.25) is 20.0 Å². The molecule has 0 spiro atoms. The Morgan fingerprint density at radius 2 is 1.51 bits per heavy atom. The number of rotatable bonds is 10. The molecule has 4 aromatic rings. The molecule has 0 amide bonds. The fourth-order valence-corrected chi connectivity index (χ4v) is 5.94. The molecule has 0 fully saturated rings. The summed E-state index contributed by atoms with van der Waals surface area (Å²) in [6.07, 6.45) is 0. The van der Waals surface area contributed by atoms with Crippen molar-refractivity contribution in [2.45, 2.75) is 22.9 Å². The van der Waals surface area contributed by atoms with E-state index in [4.69, 9.17) is 17.4 Å². The molecule has 0 heterocycles. The highest BCUT2D eigenvalue weighted by Gasteiger charge is 2.23. The van der Waals surface area contributed by atoms with Gasteiger partial charge in [-0.1, -0.05) is 72.3 Å². The van der Waals surface area contributed by atoms with Crippen LogP contribution in [0.15, 0.2) is 107 Å². The largest absolute Gasteiger partial charge is 0.278 e. The van der Waals surface area contributed by atoms with Gasteiger partial charge in [0.15, 0.2) is 0 Å². The normalized spacial score (nSPS) is 11.8. The number of hydrogen-bond acceptors (Lipinski definition) is 6. The van der Waals surface area contributed by atoms with Crippen LogP contribution in [-0.4, -0.2) is 16.8 Å². The molecule has 11 heteroatoms. The number of hydrazine groups is 1. The summed E-state index contributed by atoms with van der Waals surface area (Å²) in [5, 5.41) is 1.55. The summed E-state index contributed by atoms with van der Waals surface area (Å²) in [6, 6.07) is 29.0. The topological polar surface area (TPSA) is 122 Å². The molecule has 4 aromatic carbocycles. The Kier molecular flexibility index (Phi) is 8.28. The summed E-state index contributed by atoms with van der Waals surface area (Å²) in [5.74, 6) is 6.31. The van der Waals surface area contributed by atoms with E-state index >= 15 is 0 Å². The predicted molar refractivity (Wildman–Crippen MR) is 144 cm³/mol. The lowest BCUT2D eigenvalue weighted by Crippen LogP contribution is -2.30. The molecule has 0 aliphatic heterocycles. The van der Waals surface area contributed by atoms with Crippen molar-refractivity contribution in [3.63, 3.8) is 0 Å². The van der Waals surface area contributed by atoms with E-state index in [1.807, 2.05) is 30.3 Å². The summed E-state index contributed by atoms with van der Waals surface area (Å²) in [6.45, 7) is 0.0927. The van der Waals surface area contributed by atoms with E-state index in [1.165, 1.54) is 36.4 Å². The number of hydrogen-bond donors (Lipinski definition) is 3. The van der Waals surface area contributed by atoms with Crippen LogP contribution in [0.5, 0.6) is 0 Å². The fourth-order valence-electron chi connectivity index (χ4n) is 3.51. The van der Waals surface area contributed by atoms with Gasteiger partial charge in [-0.15, -0.1) is 0 Å². The molecule has 0 saturated heterocycles. The van der Waals surface area contributed by atoms with Crippen molar-refractivity contribution in [1.82, 2.24) is 9.44 Å². The van der Waals surface area contributed by atoms with Crippen LogP contribution in [0.25, 0.3) is 0 Å². The van der Waals surface area contributed by atoms with Crippen LogP contribution in [0, 0.1) is 6.07 Å². The average Bonchev–Trinajstić information content (AvgIpc) is 2.92. The highest BCUT2D eigenvalue weighted by Crippen LogP contribution is 2.30. The Morgan fingerprint density at radius 3 is 2.27 bits per heavy atom. The SMILES string of the molecule is NN(c1cccc(S(=O)(=O)NCc2ccccc2)c1)c1cc[c]cc1S(=O)(=O)NCc1ccccc1Cl. The minimum absolute atomic E-state index is 0.0138. The maximum absolute atomic E-state index is 13.2. The highest BCUT2D eigenvalue weighted by molar-refractivity contribution is 7.89. The second-order valence-electron chi connectivity index (χ2n) is 7.99. The maximum Gasteiger partial charge on any atom is 0.243 e. The Balaban J connectivity index is 1.57. The van der Waals surface area contributed by atoms with Gasteiger partial charge in [0.1, 0.15) is 4.90 Å². The van der Waals surface area contributed by atoms with E-state index in [0.717, 1.165) is 10.6 Å².